The summed E-state index contributed by atoms with van der Waals surface area (Å²) in [5.41, 5.74) is 7.95. The van der Waals surface area contributed by atoms with Crippen LogP contribution in [0.3, 0.4) is 0 Å². The number of benzene rings is 1. The van der Waals surface area contributed by atoms with Gasteiger partial charge in [-0.15, -0.1) is 0 Å². The van der Waals surface area contributed by atoms with E-state index in [4.69, 9.17) is 17.3 Å². The number of amides is 1. The van der Waals surface area contributed by atoms with E-state index < -0.39 is 0 Å². The van der Waals surface area contributed by atoms with Gasteiger partial charge in [-0.1, -0.05) is 37.1 Å². The minimum atomic E-state index is -0.260. The predicted molar refractivity (Wildman–Crippen MR) is 82.0 cm³/mol. The molecule has 0 aliphatic heterocycles. The molecule has 2 rings (SSSR count). The third kappa shape index (κ3) is 3.71. The number of pyridine rings is 1. The van der Waals surface area contributed by atoms with Gasteiger partial charge in [-0.3, -0.25) is 4.79 Å². The molecule has 0 bridgehead atoms. The molecule has 4 nitrogen and oxygen atoms in total. The number of nitrogens with two attached hydrogens (primary N) is 1. The van der Waals surface area contributed by atoms with Gasteiger partial charge in [-0.25, -0.2) is 4.98 Å². The molecule has 0 aliphatic carbocycles. The van der Waals surface area contributed by atoms with E-state index in [-0.39, 0.29) is 16.9 Å². The molecule has 5 heteroatoms. The number of aromatic nitrogens is 1. The minimum Gasteiger partial charge on any atom is -0.384 e. The number of aryl methyl sites for hydroxylation is 1. The second-order valence-electron chi connectivity index (χ2n) is 4.50. The van der Waals surface area contributed by atoms with Gasteiger partial charge in [0.2, 0.25) is 0 Å². The summed E-state index contributed by atoms with van der Waals surface area (Å²) in [4.78, 5) is 15.9. The highest BCUT2D eigenvalue weighted by atomic mass is 35.5. The van der Waals surface area contributed by atoms with Gasteiger partial charge >= 0.3 is 0 Å². The molecule has 1 aromatic heterocycles. The van der Waals surface area contributed by atoms with Crippen LogP contribution in [0.1, 0.15) is 29.3 Å². The van der Waals surface area contributed by atoms with Gasteiger partial charge < -0.3 is 11.1 Å². The van der Waals surface area contributed by atoms with Crippen molar-refractivity contribution in [3.05, 3.63) is 52.7 Å². The second kappa shape index (κ2) is 6.39. The first kappa shape index (κ1) is 14.3. The van der Waals surface area contributed by atoms with Crippen molar-refractivity contribution in [2.75, 3.05) is 11.1 Å². The van der Waals surface area contributed by atoms with Crippen molar-refractivity contribution in [3.63, 3.8) is 0 Å². The number of rotatable bonds is 4. The van der Waals surface area contributed by atoms with E-state index in [9.17, 15) is 4.79 Å². The van der Waals surface area contributed by atoms with Crippen LogP contribution in [0.5, 0.6) is 0 Å². The quantitative estimate of drug-likeness (QED) is 0.846. The molecule has 20 heavy (non-hydrogen) atoms. The molecule has 0 unspecified atom stereocenters. The molecule has 0 fully saturated rings. The van der Waals surface area contributed by atoms with Gasteiger partial charge in [-0.2, -0.15) is 0 Å². The smallest absolute Gasteiger partial charge is 0.255 e. The summed E-state index contributed by atoms with van der Waals surface area (Å²) < 4.78 is 0. The van der Waals surface area contributed by atoms with Crippen LogP contribution in [0.25, 0.3) is 0 Å². The highest BCUT2D eigenvalue weighted by Crippen LogP contribution is 2.15. The monoisotopic (exact) mass is 289 g/mol. The number of carbonyl (C=O) groups is 1. The molecule has 0 aliphatic rings. The van der Waals surface area contributed by atoms with Crippen LogP contribution in [0.2, 0.25) is 5.15 Å². The lowest BCUT2D eigenvalue weighted by Gasteiger charge is -2.07. The van der Waals surface area contributed by atoms with E-state index >= 15 is 0 Å². The predicted octanol–water partition coefficient (Wildman–Crippen LogP) is 3.52. The maximum absolute atomic E-state index is 12.1. The van der Waals surface area contributed by atoms with Gasteiger partial charge in [0.1, 0.15) is 11.0 Å². The Labute approximate surface area is 123 Å². The average molecular weight is 290 g/mol. The number of anilines is 2. The Balaban J connectivity index is 2.10. The fourth-order valence-corrected chi connectivity index (χ4v) is 2.11. The molecule has 0 spiro atoms. The summed E-state index contributed by atoms with van der Waals surface area (Å²) in [7, 11) is 0. The van der Waals surface area contributed by atoms with Crippen LogP contribution in [0.15, 0.2) is 36.4 Å². The van der Waals surface area contributed by atoms with Gasteiger partial charge in [0.25, 0.3) is 5.91 Å². The van der Waals surface area contributed by atoms with E-state index in [1.165, 1.54) is 17.7 Å². The lowest BCUT2D eigenvalue weighted by atomic mass is 10.1. The Morgan fingerprint density at radius 2 is 2.00 bits per heavy atom. The van der Waals surface area contributed by atoms with Crippen molar-refractivity contribution in [1.82, 2.24) is 4.98 Å². The zero-order chi connectivity index (χ0) is 14.5. The Hall–Kier alpha value is -2.07. The van der Waals surface area contributed by atoms with Crippen LogP contribution >= 0.6 is 11.6 Å². The zero-order valence-electron chi connectivity index (χ0n) is 11.2. The summed E-state index contributed by atoms with van der Waals surface area (Å²) in [6.07, 6.45) is 2.13. The lowest BCUT2D eigenvalue weighted by Crippen LogP contribution is -2.12. The first-order chi connectivity index (χ1) is 9.58. The highest BCUT2D eigenvalue weighted by Gasteiger charge is 2.08. The molecular formula is C15H16ClN3O. The average Bonchev–Trinajstić information content (AvgIpc) is 2.40. The van der Waals surface area contributed by atoms with E-state index in [0.717, 1.165) is 18.5 Å². The molecule has 1 aromatic carbocycles. The van der Waals surface area contributed by atoms with Crippen molar-refractivity contribution < 1.29 is 4.79 Å². The third-order valence-corrected chi connectivity index (χ3v) is 3.02. The van der Waals surface area contributed by atoms with Crippen molar-refractivity contribution in [2.24, 2.45) is 0 Å². The molecule has 0 atom stereocenters. The number of hydrogen-bond donors (Lipinski definition) is 2. The standard InChI is InChI=1S/C15H16ClN3O/c1-2-3-10-4-6-12(7-5-10)18-15(20)11-8-13(16)19-14(17)9-11/h4-9H,2-3H2,1H3,(H2,17,19)(H,18,20). The number of carbonyl (C=O) groups excluding carboxylic acids is 1. The van der Waals surface area contributed by atoms with Crippen molar-refractivity contribution >= 4 is 29.0 Å². The van der Waals surface area contributed by atoms with Crippen LogP contribution in [0.4, 0.5) is 11.5 Å². The molecule has 0 saturated carbocycles. The first-order valence-corrected chi connectivity index (χ1v) is 6.79. The number of nitrogens with one attached hydrogen (secondary N) is 1. The summed E-state index contributed by atoms with van der Waals surface area (Å²) in [5.74, 6) is -0.0369. The number of nitrogen functional groups attached to an aromatic ring is 1. The molecular weight excluding hydrogens is 274 g/mol. The first-order valence-electron chi connectivity index (χ1n) is 6.42. The second-order valence-corrected chi connectivity index (χ2v) is 4.89. The van der Waals surface area contributed by atoms with Gasteiger partial charge in [0, 0.05) is 11.3 Å². The lowest BCUT2D eigenvalue weighted by molar-refractivity contribution is 0.102. The zero-order valence-corrected chi connectivity index (χ0v) is 11.9. The van der Waals surface area contributed by atoms with E-state index in [0.29, 0.717) is 5.56 Å². The largest absolute Gasteiger partial charge is 0.384 e. The Bertz CT molecular complexity index is 591. The van der Waals surface area contributed by atoms with Crippen LogP contribution < -0.4 is 11.1 Å². The number of nitrogens with zero attached hydrogens (tertiary/aromatic N) is 1. The van der Waals surface area contributed by atoms with Gasteiger partial charge in [0.15, 0.2) is 0 Å². The SMILES string of the molecule is CCCc1ccc(NC(=O)c2cc(N)nc(Cl)c2)cc1. The van der Waals surface area contributed by atoms with Gasteiger partial charge in [-0.05, 0) is 36.2 Å². The molecule has 0 radical (unpaired) electrons. The van der Waals surface area contributed by atoms with Crippen LogP contribution in [-0.4, -0.2) is 10.9 Å². The van der Waals surface area contributed by atoms with Crippen molar-refractivity contribution in [2.45, 2.75) is 19.8 Å². The fourth-order valence-electron chi connectivity index (χ4n) is 1.89. The Kier molecular flexibility index (Phi) is 4.58. The maximum Gasteiger partial charge on any atom is 0.255 e. The summed E-state index contributed by atoms with van der Waals surface area (Å²) in [6.45, 7) is 2.13. The fraction of sp³-hybridized carbons (Fsp3) is 0.200. The van der Waals surface area contributed by atoms with E-state index in [2.05, 4.69) is 17.2 Å². The molecule has 0 saturated heterocycles. The van der Waals surface area contributed by atoms with Crippen LogP contribution in [0, 0.1) is 0 Å². The molecule has 2 aromatic rings. The maximum atomic E-state index is 12.1. The molecule has 104 valence electrons. The topological polar surface area (TPSA) is 68.0 Å². The summed E-state index contributed by atoms with van der Waals surface area (Å²) in [5, 5.41) is 3.00. The van der Waals surface area contributed by atoms with E-state index in [1.807, 2.05) is 24.3 Å². The highest BCUT2D eigenvalue weighted by molar-refractivity contribution is 6.30. The number of hydrogen-bond acceptors (Lipinski definition) is 3. The van der Waals surface area contributed by atoms with E-state index in [1.54, 1.807) is 0 Å². The van der Waals surface area contributed by atoms with Crippen LogP contribution in [-0.2, 0) is 6.42 Å². The van der Waals surface area contributed by atoms with Crippen molar-refractivity contribution in [3.8, 4) is 0 Å². The summed E-state index contributed by atoms with van der Waals surface area (Å²) >= 11 is 5.78. The Morgan fingerprint density at radius 3 is 2.60 bits per heavy atom. The third-order valence-electron chi connectivity index (χ3n) is 2.83. The molecule has 3 N–H and O–H groups in total. The number of halogens is 1. The van der Waals surface area contributed by atoms with Gasteiger partial charge in [0.05, 0.1) is 0 Å². The molecule has 1 heterocycles. The van der Waals surface area contributed by atoms with Crippen molar-refractivity contribution in [1.29, 1.82) is 0 Å². The Morgan fingerprint density at radius 1 is 1.30 bits per heavy atom. The minimum absolute atomic E-state index is 0.202. The molecule has 1 amide bonds. The summed E-state index contributed by atoms with van der Waals surface area (Å²) in [6, 6.07) is 10.8. The normalized spacial score (nSPS) is 10.3.